The molecule has 1 aromatic heterocycles. The summed E-state index contributed by atoms with van der Waals surface area (Å²) in [7, 11) is 3.81. The SMILES string of the molecule is CN(C)Cn1nc(-c2cccc(Br)c2)ccc1=O. The Labute approximate surface area is 114 Å². The molecular weight excluding hydrogens is 294 g/mol. The van der Waals surface area contributed by atoms with Crippen molar-refractivity contribution in [2.75, 3.05) is 14.1 Å². The van der Waals surface area contributed by atoms with Crippen LogP contribution in [0.15, 0.2) is 45.7 Å². The van der Waals surface area contributed by atoms with E-state index in [2.05, 4.69) is 21.0 Å². The Morgan fingerprint density at radius 2 is 2.06 bits per heavy atom. The lowest BCUT2D eigenvalue weighted by Crippen LogP contribution is -2.29. The standard InChI is InChI=1S/C13H14BrN3O/c1-16(2)9-17-13(18)7-6-12(15-17)10-4-3-5-11(14)8-10/h3-8H,9H2,1-2H3. The maximum Gasteiger partial charge on any atom is 0.268 e. The van der Waals surface area contributed by atoms with Crippen molar-refractivity contribution in [3.05, 3.63) is 51.2 Å². The summed E-state index contributed by atoms with van der Waals surface area (Å²) in [5.74, 6) is 0. The molecule has 5 heteroatoms. The molecule has 0 spiro atoms. The van der Waals surface area contributed by atoms with E-state index in [1.165, 1.54) is 4.68 Å². The molecule has 0 aliphatic heterocycles. The molecular formula is C13H14BrN3O. The van der Waals surface area contributed by atoms with E-state index in [1.807, 2.05) is 43.3 Å². The zero-order valence-corrected chi connectivity index (χ0v) is 11.9. The number of halogens is 1. The van der Waals surface area contributed by atoms with Gasteiger partial charge in [0.2, 0.25) is 0 Å². The fraction of sp³-hybridized carbons (Fsp3) is 0.231. The van der Waals surface area contributed by atoms with E-state index in [4.69, 9.17) is 0 Å². The quantitative estimate of drug-likeness (QED) is 0.872. The lowest BCUT2D eigenvalue weighted by Gasteiger charge is -2.12. The minimum atomic E-state index is -0.0950. The Balaban J connectivity index is 2.43. The maximum atomic E-state index is 11.7. The van der Waals surface area contributed by atoms with E-state index in [9.17, 15) is 4.79 Å². The number of hydrogen-bond donors (Lipinski definition) is 0. The molecule has 18 heavy (non-hydrogen) atoms. The fourth-order valence-electron chi connectivity index (χ4n) is 1.62. The Morgan fingerprint density at radius 1 is 1.28 bits per heavy atom. The Morgan fingerprint density at radius 3 is 2.72 bits per heavy atom. The highest BCUT2D eigenvalue weighted by atomic mass is 79.9. The highest BCUT2D eigenvalue weighted by molar-refractivity contribution is 9.10. The van der Waals surface area contributed by atoms with Crippen molar-refractivity contribution < 1.29 is 0 Å². The lowest BCUT2D eigenvalue weighted by atomic mass is 10.1. The van der Waals surface area contributed by atoms with E-state index in [0.29, 0.717) is 6.67 Å². The van der Waals surface area contributed by atoms with E-state index in [0.717, 1.165) is 15.7 Å². The van der Waals surface area contributed by atoms with Gasteiger partial charge in [0, 0.05) is 16.1 Å². The Hall–Kier alpha value is -1.46. The van der Waals surface area contributed by atoms with Gasteiger partial charge in [-0.3, -0.25) is 9.69 Å². The second kappa shape index (κ2) is 5.46. The van der Waals surface area contributed by atoms with Gasteiger partial charge in [0.05, 0.1) is 12.4 Å². The summed E-state index contributed by atoms with van der Waals surface area (Å²) in [6.45, 7) is 0.473. The molecule has 1 heterocycles. The monoisotopic (exact) mass is 307 g/mol. The van der Waals surface area contributed by atoms with Gasteiger partial charge in [-0.05, 0) is 32.3 Å². The fourth-order valence-corrected chi connectivity index (χ4v) is 2.02. The molecule has 0 radical (unpaired) electrons. The van der Waals surface area contributed by atoms with Crippen molar-refractivity contribution in [3.8, 4) is 11.3 Å². The van der Waals surface area contributed by atoms with Crippen LogP contribution in [-0.2, 0) is 6.67 Å². The number of nitrogens with zero attached hydrogens (tertiary/aromatic N) is 3. The van der Waals surface area contributed by atoms with Gasteiger partial charge in [-0.1, -0.05) is 28.1 Å². The molecule has 0 saturated carbocycles. The predicted molar refractivity (Wildman–Crippen MR) is 75.3 cm³/mol. The summed E-state index contributed by atoms with van der Waals surface area (Å²) in [5.41, 5.74) is 1.68. The topological polar surface area (TPSA) is 38.1 Å². The normalized spacial score (nSPS) is 10.9. The van der Waals surface area contributed by atoms with Crippen molar-refractivity contribution in [2.45, 2.75) is 6.67 Å². The molecule has 0 saturated heterocycles. The first-order valence-electron chi connectivity index (χ1n) is 5.55. The molecule has 0 atom stereocenters. The van der Waals surface area contributed by atoms with Crippen molar-refractivity contribution in [1.82, 2.24) is 14.7 Å². The van der Waals surface area contributed by atoms with Gasteiger partial charge in [0.1, 0.15) is 0 Å². The molecule has 1 aromatic carbocycles. The van der Waals surface area contributed by atoms with Crippen LogP contribution in [0.1, 0.15) is 0 Å². The van der Waals surface area contributed by atoms with Crippen LogP contribution in [0, 0.1) is 0 Å². The van der Waals surface area contributed by atoms with Gasteiger partial charge in [-0.25, -0.2) is 4.68 Å². The zero-order valence-electron chi connectivity index (χ0n) is 10.3. The van der Waals surface area contributed by atoms with E-state index >= 15 is 0 Å². The average molecular weight is 308 g/mol. The smallest absolute Gasteiger partial charge is 0.268 e. The van der Waals surface area contributed by atoms with Crippen LogP contribution in [0.5, 0.6) is 0 Å². The summed E-state index contributed by atoms with van der Waals surface area (Å²) in [6.07, 6.45) is 0. The highest BCUT2D eigenvalue weighted by Crippen LogP contribution is 2.20. The number of benzene rings is 1. The second-order valence-electron chi connectivity index (χ2n) is 4.29. The molecule has 0 aliphatic carbocycles. The van der Waals surface area contributed by atoms with E-state index in [-0.39, 0.29) is 5.56 Å². The Kier molecular flexibility index (Phi) is 3.93. The first kappa shape index (κ1) is 13.0. The van der Waals surface area contributed by atoms with Gasteiger partial charge < -0.3 is 0 Å². The first-order valence-corrected chi connectivity index (χ1v) is 6.34. The summed E-state index contributed by atoms with van der Waals surface area (Å²) in [4.78, 5) is 13.6. The molecule has 0 amide bonds. The molecule has 0 aliphatic rings. The van der Waals surface area contributed by atoms with Crippen molar-refractivity contribution in [1.29, 1.82) is 0 Å². The molecule has 0 N–H and O–H groups in total. The van der Waals surface area contributed by atoms with Crippen LogP contribution in [0.25, 0.3) is 11.3 Å². The maximum absolute atomic E-state index is 11.7. The summed E-state index contributed by atoms with van der Waals surface area (Å²) >= 11 is 3.43. The highest BCUT2D eigenvalue weighted by Gasteiger charge is 2.04. The van der Waals surface area contributed by atoms with Crippen LogP contribution in [0.3, 0.4) is 0 Å². The van der Waals surface area contributed by atoms with Gasteiger partial charge in [0.25, 0.3) is 5.56 Å². The first-order chi connectivity index (χ1) is 8.56. The Bertz CT molecular complexity index is 607. The zero-order chi connectivity index (χ0) is 13.1. The third-order valence-electron chi connectivity index (χ3n) is 2.40. The largest absolute Gasteiger partial charge is 0.290 e. The third kappa shape index (κ3) is 3.05. The van der Waals surface area contributed by atoms with Gasteiger partial charge >= 0.3 is 0 Å². The van der Waals surface area contributed by atoms with Gasteiger partial charge in [0.15, 0.2) is 0 Å². The predicted octanol–water partition coefficient (Wildman–Crippen LogP) is 2.19. The van der Waals surface area contributed by atoms with Crippen LogP contribution in [0.2, 0.25) is 0 Å². The van der Waals surface area contributed by atoms with Gasteiger partial charge in [-0.15, -0.1) is 0 Å². The third-order valence-corrected chi connectivity index (χ3v) is 2.90. The molecule has 94 valence electrons. The number of aromatic nitrogens is 2. The molecule has 0 unspecified atom stereocenters. The van der Waals surface area contributed by atoms with Gasteiger partial charge in [-0.2, -0.15) is 5.10 Å². The van der Waals surface area contributed by atoms with Crippen LogP contribution >= 0.6 is 15.9 Å². The molecule has 2 aromatic rings. The molecule has 4 nitrogen and oxygen atoms in total. The minimum Gasteiger partial charge on any atom is -0.290 e. The lowest BCUT2D eigenvalue weighted by molar-refractivity contribution is 0.299. The van der Waals surface area contributed by atoms with Crippen molar-refractivity contribution >= 4 is 15.9 Å². The van der Waals surface area contributed by atoms with Crippen molar-refractivity contribution in [2.24, 2.45) is 0 Å². The van der Waals surface area contributed by atoms with Crippen LogP contribution in [-0.4, -0.2) is 28.8 Å². The summed E-state index contributed by atoms with van der Waals surface area (Å²) in [6, 6.07) is 11.1. The molecule has 2 rings (SSSR count). The number of hydrogen-bond acceptors (Lipinski definition) is 3. The number of rotatable bonds is 3. The summed E-state index contributed by atoms with van der Waals surface area (Å²) < 4.78 is 2.45. The van der Waals surface area contributed by atoms with Crippen LogP contribution < -0.4 is 5.56 Å². The average Bonchev–Trinajstić information content (AvgIpc) is 2.31. The molecule has 0 fully saturated rings. The van der Waals surface area contributed by atoms with E-state index < -0.39 is 0 Å². The second-order valence-corrected chi connectivity index (χ2v) is 5.20. The van der Waals surface area contributed by atoms with Crippen molar-refractivity contribution in [3.63, 3.8) is 0 Å². The summed E-state index contributed by atoms with van der Waals surface area (Å²) in [5, 5.41) is 4.37. The van der Waals surface area contributed by atoms with E-state index in [1.54, 1.807) is 12.1 Å². The minimum absolute atomic E-state index is 0.0950. The van der Waals surface area contributed by atoms with Crippen LogP contribution in [0.4, 0.5) is 0 Å². The molecule has 0 bridgehead atoms.